The Balaban J connectivity index is 0.000000980. The Morgan fingerprint density at radius 3 is 2.36 bits per heavy atom. The van der Waals surface area contributed by atoms with E-state index in [4.69, 9.17) is 9.84 Å². The lowest BCUT2D eigenvalue weighted by molar-refractivity contribution is -0.139. The third kappa shape index (κ3) is 2.38. The van der Waals surface area contributed by atoms with Crippen LogP contribution in [0.25, 0.3) is 0 Å². The van der Waals surface area contributed by atoms with E-state index in [1.807, 2.05) is 0 Å². The highest BCUT2D eigenvalue weighted by Gasteiger charge is 2.49. The molecular formula is C9H16ClNO3. The SMILES string of the molecule is Cl.O=C(O)CC1(N2CCOCC2)CC1. The summed E-state index contributed by atoms with van der Waals surface area (Å²) in [6, 6.07) is 0. The molecule has 1 aliphatic heterocycles. The summed E-state index contributed by atoms with van der Waals surface area (Å²) < 4.78 is 5.24. The number of rotatable bonds is 3. The predicted molar refractivity (Wildman–Crippen MR) is 53.9 cm³/mol. The van der Waals surface area contributed by atoms with Gasteiger partial charge in [-0.3, -0.25) is 9.69 Å². The van der Waals surface area contributed by atoms with Crippen molar-refractivity contribution >= 4 is 18.4 Å². The minimum Gasteiger partial charge on any atom is -0.481 e. The highest BCUT2D eigenvalue weighted by molar-refractivity contribution is 5.85. The van der Waals surface area contributed by atoms with Crippen LogP contribution in [0.15, 0.2) is 0 Å². The molecule has 2 aliphatic rings. The van der Waals surface area contributed by atoms with Crippen LogP contribution in [0.1, 0.15) is 19.3 Å². The van der Waals surface area contributed by atoms with Crippen LogP contribution in [0.3, 0.4) is 0 Å². The zero-order valence-electron chi connectivity index (χ0n) is 8.07. The van der Waals surface area contributed by atoms with Gasteiger partial charge in [-0.05, 0) is 12.8 Å². The first-order valence-electron chi connectivity index (χ1n) is 4.78. The molecule has 1 aliphatic carbocycles. The smallest absolute Gasteiger partial charge is 0.305 e. The molecule has 5 heteroatoms. The van der Waals surface area contributed by atoms with E-state index in [9.17, 15) is 4.79 Å². The number of nitrogens with zero attached hydrogens (tertiary/aromatic N) is 1. The number of carboxylic acids is 1. The minimum absolute atomic E-state index is 0. The number of carbonyl (C=O) groups is 1. The van der Waals surface area contributed by atoms with E-state index in [0.717, 1.165) is 39.1 Å². The van der Waals surface area contributed by atoms with E-state index in [1.54, 1.807) is 0 Å². The number of ether oxygens (including phenoxy) is 1. The van der Waals surface area contributed by atoms with E-state index in [-0.39, 0.29) is 17.9 Å². The van der Waals surface area contributed by atoms with Crippen molar-refractivity contribution in [2.45, 2.75) is 24.8 Å². The Labute approximate surface area is 89.6 Å². The van der Waals surface area contributed by atoms with Gasteiger partial charge >= 0.3 is 5.97 Å². The first-order valence-corrected chi connectivity index (χ1v) is 4.78. The molecule has 82 valence electrons. The molecule has 14 heavy (non-hydrogen) atoms. The quantitative estimate of drug-likeness (QED) is 0.764. The van der Waals surface area contributed by atoms with Crippen LogP contribution in [0, 0.1) is 0 Å². The van der Waals surface area contributed by atoms with E-state index >= 15 is 0 Å². The fourth-order valence-electron chi connectivity index (χ4n) is 2.07. The molecule has 0 radical (unpaired) electrons. The van der Waals surface area contributed by atoms with Crippen LogP contribution in [-0.4, -0.2) is 47.8 Å². The minimum atomic E-state index is -0.677. The van der Waals surface area contributed by atoms with Gasteiger partial charge in [0.15, 0.2) is 0 Å². The number of hydrogen-bond donors (Lipinski definition) is 1. The van der Waals surface area contributed by atoms with Gasteiger partial charge in [-0.2, -0.15) is 0 Å². The molecule has 2 fully saturated rings. The van der Waals surface area contributed by atoms with Crippen LogP contribution in [0.4, 0.5) is 0 Å². The molecule has 0 bridgehead atoms. The molecule has 2 rings (SSSR count). The molecule has 1 saturated heterocycles. The molecule has 1 N–H and O–H groups in total. The fourth-order valence-corrected chi connectivity index (χ4v) is 2.07. The molecule has 1 heterocycles. The van der Waals surface area contributed by atoms with Crippen LogP contribution < -0.4 is 0 Å². The maximum Gasteiger partial charge on any atom is 0.305 e. The van der Waals surface area contributed by atoms with Crippen molar-refractivity contribution in [2.75, 3.05) is 26.3 Å². The molecule has 1 saturated carbocycles. The van der Waals surface area contributed by atoms with E-state index < -0.39 is 5.97 Å². The van der Waals surface area contributed by atoms with E-state index in [2.05, 4.69) is 4.90 Å². The number of hydrogen-bond acceptors (Lipinski definition) is 3. The van der Waals surface area contributed by atoms with Crippen LogP contribution in [0.2, 0.25) is 0 Å². The number of carboxylic acid groups (broad SMARTS) is 1. The topological polar surface area (TPSA) is 49.8 Å². The normalized spacial score (nSPS) is 25.1. The van der Waals surface area contributed by atoms with Gasteiger partial charge in [0.05, 0.1) is 19.6 Å². The van der Waals surface area contributed by atoms with Gasteiger partial charge in [-0.25, -0.2) is 0 Å². The standard InChI is InChI=1S/C9H15NO3.ClH/c11-8(12)7-9(1-2-9)10-3-5-13-6-4-10;/h1-7H2,(H,11,12);1H. The lowest BCUT2D eigenvalue weighted by Crippen LogP contribution is -2.46. The van der Waals surface area contributed by atoms with Gasteiger partial charge in [-0.1, -0.05) is 0 Å². The maximum atomic E-state index is 10.6. The average molecular weight is 222 g/mol. The monoisotopic (exact) mass is 221 g/mol. The predicted octanol–water partition coefficient (Wildman–Crippen LogP) is 0.748. The highest BCUT2D eigenvalue weighted by Crippen LogP contribution is 2.44. The summed E-state index contributed by atoms with van der Waals surface area (Å²) in [5, 5.41) is 8.76. The molecule has 0 aromatic rings. The van der Waals surface area contributed by atoms with Crippen LogP contribution in [-0.2, 0) is 9.53 Å². The second kappa shape index (κ2) is 4.47. The summed E-state index contributed by atoms with van der Waals surface area (Å²) in [5.41, 5.74) is -0.00435. The van der Waals surface area contributed by atoms with Crippen molar-refractivity contribution in [3.63, 3.8) is 0 Å². The first-order chi connectivity index (χ1) is 6.23. The van der Waals surface area contributed by atoms with Gasteiger partial charge < -0.3 is 9.84 Å². The van der Waals surface area contributed by atoms with Crippen LogP contribution in [0.5, 0.6) is 0 Å². The second-order valence-electron chi connectivity index (χ2n) is 3.89. The van der Waals surface area contributed by atoms with Gasteiger partial charge in [0, 0.05) is 18.6 Å². The van der Waals surface area contributed by atoms with E-state index in [0.29, 0.717) is 6.42 Å². The Morgan fingerprint density at radius 1 is 1.36 bits per heavy atom. The third-order valence-electron chi connectivity index (χ3n) is 2.99. The molecule has 0 atom stereocenters. The molecule has 0 amide bonds. The number of morpholine rings is 1. The molecule has 0 aromatic carbocycles. The van der Waals surface area contributed by atoms with Crippen molar-refractivity contribution < 1.29 is 14.6 Å². The van der Waals surface area contributed by atoms with E-state index in [1.165, 1.54) is 0 Å². The van der Waals surface area contributed by atoms with Crippen LogP contribution >= 0.6 is 12.4 Å². The Bertz CT molecular complexity index is 212. The molecule has 0 unspecified atom stereocenters. The number of halogens is 1. The summed E-state index contributed by atoms with van der Waals surface area (Å²) in [5.74, 6) is -0.677. The lowest BCUT2D eigenvalue weighted by atomic mass is 10.1. The first kappa shape index (κ1) is 11.8. The van der Waals surface area contributed by atoms with Gasteiger partial charge in [0.25, 0.3) is 0 Å². The summed E-state index contributed by atoms with van der Waals surface area (Å²) in [7, 11) is 0. The number of aliphatic carboxylic acids is 1. The zero-order valence-corrected chi connectivity index (χ0v) is 8.89. The van der Waals surface area contributed by atoms with Gasteiger partial charge in [-0.15, -0.1) is 12.4 Å². The largest absolute Gasteiger partial charge is 0.481 e. The molecule has 0 spiro atoms. The van der Waals surface area contributed by atoms with Gasteiger partial charge in [0.2, 0.25) is 0 Å². The molecule has 4 nitrogen and oxygen atoms in total. The van der Waals surface area contributed by atoms with Gasteiger partial charge in [0.1, 0.15) is 0 Å². The third-order valence-corrected chi connectivity index (χ3v) is 2.99. The van der Waals surface area contributed by atoms with Crippen molar-refractivity contribution in [2.24, 2.45) is 0 Å². The summed E-state index contributed by atoms with van der Waals surface area (Å²) in [6.45, 7) is 3.29. The zero-order chi connectivity index (χ0) is 9.31. The summed E-state index contributed by atoms with van der Waals surface area (Å²) >= 11 is 0. The molecule has 0 aromatic heterocycles. The Kier molecular flexibility index (Phi) is 3.75. The fraction of sp³-hybridized carbons (Fsp3) is 0.889. The van der Waals surface area contributed by atoms with Crippen molar-refractivity contribution in [1.82, 2.24) is 4.90 Å². The Morgan fingerprint density at radius 2 is 1.93 bits per heavy atom. The van der Waals surface area contributed by atoms with Crippen molar-refractivity contribution in [3.8, 4) is 0 Å². The highest BCUT2D eigenvalue weighted by atomic mass is 35.5. The summed E-state index contributed by atoms with van der Waals surface area (Å²) in [6.07, 6.45) is 2.38. The van der Waals surface area contributed by atoms with Crippen molar-refractivity contribution in [3.05, 3.63) is 0 Å². The average Bonchev–Trinajstić information content (AvgIpc) is 2.86. The summed E-state index contributed by atoms with van der Waals surface area (Å²) in [4.78, 5) is 12.9. The van der Waals surface area contributed by atoms with Crippen molar-refractivity contribution in [1.29, 1.82) is 0 Å². The lowest BCUT2D eigenvalue weighted by Gasteiger charge is -2.33. The molecular weight excluding hydrogens is 206 g/mol. The Hall–Kier alpha value is -0.320. The second-order valence-corrected chi connectivity index (χ2v) is 3.89. The maximum absolute atomic E-state index is 10.6.